The Morgan fingerprint density at radius 1 is 1.45 bits per heavy atom. The highest BCUT2D eigenvalue weighted by Gasteiger charge is 2.19. The molecule has 0 bridgehead atoms. The van der Waals surface area contributed by atoms with Gasteiger partial charge in [-0.15, -0.1) is 12.4 Å². The fourth-order valence-electron chi connectivity index (χ4n) is 2.10. The lowest BCUT2D eigenvalue weighted by Gasteiger charge is -2.11. The van der Waals surface area contributed by atoms with Crippen molar-refractivity contribution in [2.45, 2.75) is 18.2 Å². The molecule has 1 saturated heterocycles. The van der Waals surface area contributed by atoms with E-state index >= 15 is 0 Å². The predicted molar refractivity (Wildman–Crippen MR) is 81.0 cm³/mol. The van der Waals surface area contributed by atoms with Crippen LogP contribution in [-0.4, -0.2) is 34.7 Å². The average Bonchev–Trinajstić information content (AvgIpc) is 2.90. The highest BCUT2D eigenvalue weighted by atomic mass is 35.5. The van der Waals surface area contributed by atoms with Crippen molar-refractivity contribution < 1.29 is 13.2 Å². The minimum atomic E-state index is -3.45. The van der Waals surface area contributed by atoms with E-state index in [9.17, 15) is 8.42 Å². The van der Waals surface area contributed by atoms with Gasteiger partial charge in [0.15, 0.2) is 0 Å². The summed E-state index contributed by atoms with van der Waals surface area (Å²) in [5.41, 5.74) is 0. The zero-order chi connectivity index (χ0) is 13.7. The van der Waals surface area contributed by atoms with Crippen molar-refractivity contribution in [2.24, 2.45) is 5.92 Å². The Balaban J connectivity index is 0.00000200. The van der Waals surface area contributed by atoms with Gasteiger partial charge in [0.05, 0.1) is 11.5 Å². The van der Waals surface area contributed by atoms with Crippen LogP contribution < -0.4 is 14.8 Å². The van der Waals surface area contributed by atoms with Gasteiger partial charge in [-0.3, -0.25) is 0 Å². The molecular weight excluding hydrogens is 300 g/mol. The van der Waals surface area contributed by atoms with Crippen LogP contribution in [0.15, 0.2) is 29.2 Å². The molecule has 0 aliphatic carbocycles. The molecule has 1 fully saturated rings. The van der Waals surface area contributed by atoms with E-state index < -0.39 is 10.0 Å². The Labute approximate surface area is 126 Å². The molecule has 5 nitrogen and oxygen atoms in total. The van der Waals surface area contributed by atoms with Crippen LogP contribution in [-0.2, 0) is 10.0 Å². The number of benzene rings is 1. The van der Waals surface area contributed by atoms with Crippen LogP contribution in [0, 0.1) is 5.92 Å². The minimum Gasteiger partial charge on any atom is -0.494 e. The predicted octanol–water partition coefficient (Wildman–Crippen LogP) is 1.39. The second-order valence-corrected chi connectivity index (χ2v) is 6.39. The maximum absolute atomic E-state index is 12.2. The first-order valence-electron chi connectivity index (χ1n) is 6.55. The van der Waals surface area contributed by atoms with Crippen LogP contribution in [0.5, 0.6) is 5.75 Å². The molecule has 1 unspecified atom stereocenters. The summed E-state index contributed by atoms with van der Waals surface area (Å²) in [4.78, 5) is 0.254. The first-order valence-corrected chi connectivity index (χ1v) is 8.03. The molecule has 1 aromatic rings. The number of sulfonamides is 1. The standard InChI is InChI=1S/C13H20N2O3S.ClH/c1-2-18-12-4-3-5-13(8-12)19(16,17)15-10-11-6-7-14-9-11;/h3-5,8,11,14-15H,2,6-7,9-10H2,1H3;1H. The molecule has 2 N–H and O–H groups in total. The van der Waals surface area contributed by atoms with Crippen molar-refractivity contribution in [3.63, 3.8) is 0 Å². The molecule has 0 amide bonds. The highest BCUT2D eigenvalue weighted by molar-refractivity contribution is 7.89. The van der Waals surface area contributed by atoms with Crippen LogP contribution >= 0.6 is 12.4 Å². The van der Waals surface area contributed by atoms with Crippen LogP contribution in [0.3, 0.4) is 0 Å². The van der Waals surface area contributed by atoms with E-state index in [0.717, 1.165) is 19.5 Å². The topological polar surface area (TPSA) is 67.4 Å². The molecule has 20 heavy (non-hydrogen) atoms. The van der Waals surface area contributed by atoms with Crippen molar-refractivity contribution >= 4 is 22.4 Å². The molecule has 1 aliphatic rings. The molecule has 0 spiro atoms. The Kier molecular flexibility index (Phi) is 6.75. The third-order valence-electron chi connectivity index (χ3n) is 3.15. The summed E-state index contributed by atoms with van der Waals surface area (Å²) in [5.74, 6) is 0.956. The lowest BCUT2D eigenvalue weighted by atomic mass is 10.1. The average molecular weight is 321 g/mol. The lowest BCUT2D eigenvalue weighted by Crippen LogP contribution is -2.30. The van der Waals surface area contributed by atoms with Gasteiger partial charge in [-0.25, -0.2) is 13.1 Å². The monoisotopic (exact) mass is 320 g/mol. The second kappa shape index (κ2) is 7.83. The van der Waals surface area contributed by atoms with Crippen LogP contribution in [0.2, 0.25) is 0 Å². The smallest absolute Gasteiger partial charge is 0.240 e. The van der Waals surface area contributed by atoms with Gasteiger partial charge >= 0.3 is 0 Å². The molecule has 0 saturated carbocycles. The third kappa shape index (κ3) is 4.63. The number of nitrogens with one attached hydrogen (secondary N) is 2. The van der Waals surface area contributed by atoms with Crippen LogP contribution in [0.25, 0.3) is 0 Å². The molecule has 1 aromatic carbocycles. The summed E-state index contributed by atoms with van der Waals surface area (Å²) in [6, 6.07) is 6.58. The summed E-state index contributed by atoms with van der Waals surface area (Å²) < 4.78 is 32.3. The maximum atomic E-state index is 12.2. The SMILES string of the molecule is CCOc1cccc(S(=O)(=O)NCC2CCNC2)c1.Cl. The fourth-order valence-corrected chi connectivity index (χ4v) is 3.25. The van der Waals surface area contributed by atoms with Crippen molar-refractivity contribution in [1.82, 2.24) is 10.0 Å². The Morgan fingerprint density at radius 3 is 2.90 bits per heavy atom. The Hall–Kier alpha value is -0.820. The number of hydrogen-bond donors (Lipinski definition) is 2. The first-order chi connectivity index (χ1) is 9.12. The summed E-state index contributed by atoms with van der Waals surface area (Å²) in [6.07, 6.45) is 1.02. The molecule has 0 aromatic heterocycles. The van der Waals surface area contributed by atoms with Crippen molar-refractivity contribution in [2.75, 3.05) is 26.2 Å². The van der Waals surface area contributed by atoms with Gasteiger partial charge in [0.25, 0.3) is 0 Å². The third-order valence-corrected chi connectivity index (χ3v) is 4.57. The Bertz CT molecular complexity index is 516. The molecule has 7 heteroatoms. The van der Waals surface area contributed by atoms with Gasteiger partial charge in [0, 0.05) is 12.6 Å². The molecule has 114 valence electrons. The molecule has 0 radical (unpaired) electrons. The highest BCUT2D eigenvalue weighted by Crippen LogP contribution is 2.17. The number of halogens is 1. The van der Waals surface area contributed by atoms with Crippen LogP contribution in [0.4, 0.5) is 0 Å². The summed E-state index contributed by atoms with van der Waals surface area (Å²) in [5, 5.41) is 3.22. The Morgan fingerprint density at radius 2 is 2.25 bits per heavy atom. The number of rotatable bonds is 6. The van der Waals surface area contributed by atoms with E-state index in [-0.39, 0.29) is 17.3 Å². The van der Waals surface area contributed by atoms with Crippen molar-refractivity contribution in [3.8, 4) is 5.75 Å². The van der Waals surface area contributed by atoms with E-state index in [0.29, 0.717) is 24.8 Å². The van der Waals surface area contributed by atoms with Gasteiger partial charge in [-0.2, -0.15) is 0 Å². The molecule has 2 rings (SSSR count). The van der Waals surface area contributed by atoms with E-state index in [1.807, 2.05) is 6.92 Å². The first kappa shape index (κ1) is 17.2. The van der Waals surface area contributed by atoms with Crippen LogP contribution in [0.1, 0.15) is 13.3 Å². The van der Waals surface area contributed by atoms with Crippen molar-refractivity contribution in [1.29, 1.82) is 0 Å². The molecular formula is C13H21ClN2O3S. The normalized spacial score (nSPS) is 18.6. The van der Waals surface area contributed by atoms with E-state index in [4.69, 9.17) is 4.74 Å². The van der Waals surface area contributed by atoms with Gasteiger partial charge in [-0.1, -0.05) is 6.07 Å². The second-order valence-electron chi connectivity index (χ2n) is 4.62. The summed E-state index contributed by atoms with van der Waals surface area (Å²) in [6.45, 7) is 4.71. The number of hydrogen-bond acceptors (Lipinski definition) is 4. The summed E-state index contributed by atoms with van der Waals surface area (Å²) in [7, 11) is -3.45. The minimum absolute atomic E-state index is 0. The lowest BCUT2D eigenvalue weighted by molar-refractivity contribution is 0.339. The molecule has 1 heterocycles. The quantitative estimate of drug-likeness (QED) is 0.831. The van der Waals surface area contributed by atoms with E-state index in [1.165, 1.54) is 0 Å². The van der Waals surface area contributed by atoms with Gasteiger partial charge in [-0.05, 0) is 44.5 Å². The number of ether oxygens (including phenoxy) is 1. The molecule has 1 aliphatic heterocycles. The van der Waals surface area contributed by atoms with Gasteiger partial charge in [0.1, 0.15) is 5.75 Å². The zero-order valence-corrected chi connectivity index (χ0v) is 13.1. The maximum Gasteiger partial charge on any atom is 0.240 e. The van der Waals surface area contributed by atoms with E-state index in [1.54, 1.807) is 24.3 Å². The fraction of sp³-hybridized carbons (Fsp3) is 0.538. The molecule has 1 atom stereocenters. The zero-order valence-electron chi connectivity index (χ0n) is 11.5. The summed E-state index contributed by atoms with van der Waals surface area (Å²) >= 11 is 0. The largest absolute Gasteiger partial charge is 0.494 e. The van der Waals surface area contributed by atoms with E-state index in [2.05, 4.69) is 10.0 Å². The van der Waals surface area contributed by atoms with Gasteiger partial charge in [0.2, 0.25) is 10.0 Å². The van der Waals surface area contributed by atoms with Gasteiger partial charge < -0.3 is 10.1 Å². The van der Waals surface area contributed by atoms with Crippen molar-refractivity contribution in [3.05, 3.63) is 24.3 Å².